The Morgan fingerprint density at radius 1 is 0.952 bits per heavy atom. The van der Waals surface area contributed by atoms with Crippen molar-refractivity contribution >= 4 is 39.4 Å². The van der Waals surface area contributed by atoms with Gasteiger partial charge in [0.05, 0.1) is 5.69 Å². The van der Waals surface area contributed by atoms with Crippen LogP contribution in [0.2, 0.25) is 0 Å². The predicted octanol–water partition coefficient (Wildman–Crippen LogP) is 4.36. The van der Waals surface area contributed by atoms with Crippen molar-refractivity contribution < 1.29 is 4.39 Å². The fourth-order valence-electron chi connectivity index (χ4n) is 2.25. The molecule has 0 unspecified atom stereocenters. The van der Waals surface area contributed by atoms with Crippen LogP contribution in [0.4, 0.5) is 15.8 Å². The molecule has 0 radical (unpaired) electrons. The van der Waals surface area contributed by atoms with Gasteiger partial charge in [-0.2, -0.15) is 0 Å². The highest BCUT2D eigenvalue weighted by atomic mass is 32.1. The molecule has 3 N–H and O–H groups in total. The van der Waals surface area contributed by atoms with E-state index in [-0.39, 0.29) is 10.8 Å². The van der Waals surface area contributed by atoms with Crippen molar-refractivity contribution in [1.29, 1.82) is 0 Å². The summed E-state index contributed by atoms with van der Waals surface area (Å²) < 4.78 is 14.1. The molecule has 0 amide bonds. The van der Waals surface area contributed by atoms with Crippen molar-refractivity contribution in [2.45, 2.75) is 0 Å². The maximum absolute atomic E-state index is 14.1. The van der Waals surface area contributed by atoms with Crippen LogP contribution < -0.4 is 11.1 Å². The number of thiocarbonyl (C=S) groups is 1. The molecular formula is C17H13FN2S. The van der Waals surface area contributed by atoms with Crippen LogP contribution in [-0.2, 0) is 0 Å². The van der Waals surface area contributed by atoms with Gasteiger partial charge in [-0.25, -0.2) is 4.39 Å². The van der Waals surface area contributed by atoms with Gasteiger partial charge in [0, 0.05) is 16.6 Å². The lowest BCUT2D eigenvalue weighted by Crippen LogP contribution is -2.09. The molecule has 0 aliphatic heterocycles. The summed E-state index contributed by atoms with van der Waals surface area (Å²) in [7, 11) is 0. The Balaban J connectivity index is 2.01. The summed E-state index contributed by atoms with van der Waals surface area (Å²) in [5, 5.41) is 5.26. The lowest BCUT2D eigenvalue weighted by atomic mass is 10.1. The number of nitrogens with two attached hydrogens (primary N) is 1. The molecule has 0 spiro atoms. The van der Waals surface area contributed by atoms with E-state index in [1.54, 1.807) is 12.1 Å². The average Bonchev–Trinajstić information content (AvgIpc) is 2.49. The van der Waals surface area contributed by atoms with Gasteiger partial charge >= 0.3 is 0 Å². The smallest absolute Gasteiger partial charge is 0.147 e. The maximum atomic E-state index is 14.1. The SMILES string of the molecule is NC(=S)c1ccc(Nc2cccc3ccccc23)c(F)c1. The second-order valence-corrected chi connectivity index (χ2v) is 5.15. The molecule has 21 heavy (non-hydrogen) atoms. The van der Waals surface area contributed by atoms with Crippen molar-refractivity contribution in [2.75, 3.05) is 5.32 Å². The Labute approximate surface area is 127 Å². The highest BCUT2D eigenvalue weighted by Crippen LogP contribution is 2.27. The van der Waals surface area contributed by atoms with E-state index in [1.807, 2.05) is 42.5 Å². The molecule has 0 aliphatic rings. The Morgan fingerprint density at radius 3 is 2.48 bits per heavy atom. The van der Waals surface area contributed by atoms with Crippen molar-refractivity contribution in [3.63, 3.8) is 0 Å². The van der Waals surface area contributed by atoms with E-state index in [1.165, 1.54) is 6.07 Å². The minimum atomic E-state index is -0.381. The van der Waals surface area contributed by atoms with Gasteiger partial charge in [-0.15, -0.1) is 0 Å². The third-order valence-corrected chi connectivity index (χ3v) is 3.55. The molecular weight excluding hydrogens is 283 g/mol. The van der Waals surface area contributed by atoms with E-state index in [9.17, 15) is 4.39 Å². The summed E-state index contributed by atoms with van der Waals surface area (Å²) in [4.78, 5) is 0.186. The zero-order chi connectivity index (χ0) is 14.8. The maximum Gasteiger partial charge on any atom is 0.147 e. The van der Waals surface area contributed by atoms with E-state index >= 15 is 0 Å². The van der Waals surface area contributed by atoms with Crippen molar-refractivity contribution in [3.05, 3.63) is 72.0 Å². The molecule has 0 heterocycles. The topological polar surface area (TPSA) is 38.0 Å². The number of nitrogens with one attached hydrogen (secondary N) is 1. The number of hydrogen-bond acceptors (Lipinski definition) is 2. The number of fused-ring (bicyclic) bond motifs is 1. The highest BCUT2D eigenvalue weighted by molar-refractivity contribution is 7.80. The van der Waals surface area contributed by atoms with Crippen molar-refractivity contribution in [1.82, 2.24) is 0 Å². The summed E-state index contributed by atoms with van der Waals surface area (Å²) in [6.45, 7) is 0. The monoisotopic (exact) mass is 296 g/mol. The molecule has 104 valence electrons. The Morgan fingerprint density at radius 2 is 1.71 bits per heavy atom. The number of anilines is 2. The second-order valence-electron chi connectivity index (χ2n) is 4.71. The molecule has 0 aliphatic carbocycles. The summed E-state index contributed by atoms with van der Waals surface area (Å²) in [6, 6.07) is 18.5. The minimum absolute atomic E-state index is 0.186. The first-order chi connectivity index (χ1) is 10.1. The lowest BCUT2D eigenvalue weighted by molar-refractivity contribution is 0.631. The average molecular weight is 296 g/mol. The molecule has 0 bridgehead atoms. The molecule has 3 aromatic carbocycles. The first-order valence-electron chi connectivity index (χ1n) is 6.49. The molecule has 0 atom stereocenters. The van der Waals surface area contributed by atoms with Gasteiger partial charge in [0.15, 0.2) is 0 Å². The van der Waals surface area contributed by atoms with E-state index < -0.39 is 0 Å². The standard InChI is InChI=1S/C17H13FN2S/c18-14-10-12(17(19)21)8-9-16(14)20-15-7-3-5-11-4-1-2-6-13(11)15/h1-10,20H,(H2,19,21). The van der Waals surface area contributed by atoms with Crippen molar-refractivity contribution in [3.8, 4) is 0 Å². The predicted molar refractivity (Wildman–Crippen MR) is 89.5 cm³/mol. The van der Waals surface area contributed by atoms with E-state index in [0.29, 0.717) is 11.3 Å². The first kappa shape index (κ1) is 13.5. The molecule has 0 saturated carbocycles. The van der Waals surface area contributed by atoms with Crippen LogP contribution in [0.1, 0.15) is 5.56 Å². The van der Waals surface area contributed by atoms with Gasteiger partial charge in [-0.1, -0.05) is 48.6 Å². The minimum Gasteiger partial charge on any atom is -0.389 e. The van der Waals surface area contributed by atoms with Crippen LogP contribution in [0.5, 0.6) is 0 Å². The third-order valence-electron chi connectivity index (χ3n) is 3.31. The number of benzene rings is 3. The van der Waals surface area contributed by atoms with Gasteiger partial charge in [-0.05, 0) is 29.7 Å². The zero-order valence-corrected chi connectivity index (χ0v) is 12.0. The van der Waals surface area contributed by atoms with Crippen LogP contribution in [0, 0.1) is 5.82 Å². The molecule has 3 aromatic rings. The van der Waals surface area contributed by atoms with E-state index in [2.05, 4.69) is 5.32 Å². The van der Waals surface area contributed by atoms with E-state index in [4.69, 9.17) is 18.0 Å². The lowest BCUT2D eigenvalue weighted by Gasteiger charge is -2.11. The first-order valence-corrected chi connectivity index (χ1v) is 6.90. The molecule has 4 heteroatoms. The summed E-state index contributed by atoms with van der Waals surface area (Å²) >= 11 is 4.85. The number of rotatable bonds is 3. The molecule has 0 aromatic heterocycles. The van der Waals surface area contributed by atoms with Gasteiger partial charge in [-0.3, -0.25) is 0 Å². The summed E-state index contributed by atoms with van der Waals surface area (Å²) in [5.41, 5.74) is 7.27. The third kappa shape index (κ3) is 2.71. The summed E-state index contributed by atoms with van der Waals surface area (Å²) in [5.74, 6) is -0.381. The van der Waals surface area contributed by atoms with Gasteiger partial charge in [0.2, 0.25) is 0 Å². The van der Waals surface area contributed by atoms with Crippen LogP contribution in [0.3, 0.4) is 0 Å². The fraction of sp³-hybridized carbons (Fsp3) is 0. The zero-order valence-electron chi connectivity index (χ0n) is 11.1. The number of halogens is 1. The molecule has 2 nitrogen and oxygen atoms in total. The Hall–Kier alpha value is -2.46. The van der Waals surface area contributed by atoms with Crippen LogP contribution in [0.15, 0.2) is 60.7 Å². The van der Waals surface area contributed by atoms with Crippen LogP contribution >= 0.6 is 12.2 Å². The fourth-order valence-corrected chi connectivity index (χ4v) is 2.38. The highest BCUT2D eigenvalue weighted by Gasteiger charge is 2.07. The normalized spacial score (nSPS) is 10.5. The largest absolute Gasteiger partial charge is 0.389 e. The molecule has 3 rings (SSSR count). The van der Waals surface area contributed by atoms with Gasteiger partial charge in [0.1, 0.15) is 10.8 Å². The van der Waals surface area contributed by atoms with Crippen molar-refractivity contribution in [2.24, 2.45) is 5.73 Å². The summed E-state index contributed by atoms with van der Waals surface area (Å²) in [6.07, 6.45) is 0. The quantitative estimate of drug-likeness (QED) is 0.705. The second kappa shape index (κ2) is 5.50. The number of hydrogen-bond donors (Lipinski definition) is 2. The Bertz CT molecular complexity index is 825. The van der Waals surface area contributed by atoms with Gasteiger partial charge in [0.25, 0.3) is 0 Å². The van der Waals surface area contributed by atoms with Crippen LogP contribution in [-0.4, -0.2) is 4.99 Å². The molecule has 0 fully saturated rings. The Kier molecular flexibility index (Phi) is 3.54. The van der Waals surface area contributed by atoms with Crippen LogP contribution in [0.25, 0.3) is 10.8 Å². The molecule has 0 saturated heterocycles. The van der Waals surface area contributed by atoms with E-state index in [0.717, 1.165) is 16.5 Å². The van der Waals surface area contributed by atoms with Gasteiger partial charge < -0.3 is 11.1 Å².